The summed E-state index contributed by atoms with van der Waals surface area (Å²) in [6, 6.07) is 0. The monoisotopic (exact) mass is 1230 g/mol. The summed E-state index contributed by atoms with van der Waals surface area (Å²) < 4.78 is 67.8. The Morgan fingerprint density at radius 1 is 0.325 bits per heavy atom. The summed E-state index contributed by atoms with van der Waals surface area (Å²) in [5.74, 6) is -1.34. The Morgan fingerprint density at radius 2 is 0.554 bits per heavy atom. The molecule has 0 saturated carbocycles. The molecule has 3 N–H and O–H groups in total. The van der Waals surface area contributed by atoms with Crippen LogP contribution in [0.4, 0.5) is 0 Å². The lowest BCUT2D eigenvalue weighted by atomic mass is 10.0. The van der Waals surface area contributed by atoms with Gasteiger partial charge >= 0.3 is 39.5 Å². The molecule has 17 nitrogen and oxygen atoms in total. The highest BCUT2D eigenvalue weighted by Gasteiger charge is 2.30. The molecule has 83 heavy (non-hydrogen) atoms. The Kier molecular flexibility index (Phi) is 56.4. The first-order valence-electron chi connectivity index (χ1n) is 33.6. The molecule has 0 spiro atoms. The number of carbonyl (C=O) groups excluding carboxylic acids is 4. The van der Waals surface area contributed by atoms with Gasteiger partial charge in [0.2, 0.25) is 0 Å². The molecule has 2 unspecified atom stereocenters. The van der Waals surface area contributed by atoms with E-state index in [4.69, 9.17) is 37.0 Å². The van der Waals surface area contributed by atoms with E-state index in [1.165, 1.54) is 135 Å². The summed E-state index contributed by atoms with van der Waals surface area (Å²) in [7, 11) is -9.88. The number of phosphoric acid groups is 2. The van der Waals surface area contributed by atoms with Gasteiger partial charge in [-0.05, 0) is 31.6 Å². The fraction of sp³-hybridized carbons (Fsp3) is 0.938. The van der Waals surface area contributed by atoms with E-state index >= 15 is 0 Å². The molecule has 0 aliphatic rings. The third kappa shape index (κ3) is 58.8. The minimum atomic E-state index is -4.94. The van der Waals surface area contributed by atoms with Gasteiger partial charge < -0.3 is 33.8 Å². The molecule has 0 bridgehead atoms. The van der Waals surface area contributed by atoms with E-state index in [1.54, 1.807) is 0 Å². The molecule has 0 radical (unpaired) electrons. The number of unbranched alkanes of at least 4 members (excludes halogenated alkanes) is 36. The predicted molar refractivity (Wildman–Crippen MR) is 331 cm³/mol. The molecule has 0 amide bonds. The van der Waals surface area contributed by atoms with E-state index in [0.717, 1.165) is 109 Å². The van der Waals surface area contributed by atoms with Crippen LogP contribution in [0.1, 0.15) is 324 Å². The number of hydrogen-bond donors (Lipinski definition) is 3. The van der Waals surface area contributed by atoms with Gasteiger partial charge in [-0.3, -0.25) is 37.3 Å². The Balaban J connectivity index is 5.14. The third-order valence-corrected chi connectivity index (χ3v) is 16.7. The van der Waals surface area contributed by atoms with Gasteiger partial charge in [0.15, 0.2) is 12.2 Å². The molecule has 0 fully saturated rings. The highest BCUT2D eigenvalue weighted by Crippen LogP contribution is 2.45. The van der Waals surface area contributed by atoms with E-state index in [0.29, 0.717) is 25.7 Å². The average molecular weight is 1230 g/mol. The molecule has 0 aromatic heterocycles. The van der Waals surface area contributed by atoms with Crippen LogP contribution in [0.25, 0.3) is 0 Å². The van der Waals surface area contributed by atoms with Gasteiger partial charge in [0.1, 0.15) is 19.3 Å². The molecule has 5 atom stereocenters. The van der Waals surface area contributed by atoms with Crippen LogP contribution >= 0.6 is 15.6 Å². The van der Waals surface area contributed by atoms with Gasteiger partial charge in [-0.15, -0.1) is 0 Å². The van der Waals surface area contributed by atoms with Crippen molar-refractivity contribution in [2.75, 3.05) is 39.6 Å². The second-order valence-electron chi connectivity index (χ2n) is 23.6. The van der Waals surface area contributed by atoms with Crippen LogP contribution in [0.15, 0.2) is 0 Å². The molecule has 0 aromatic rings. The molecule has 0 aliphatic heterocycles. The maximum atomic E-state index is 13.0. The molecule has 0 rings (SSSR count). The standard InChI is InChI=1S/C64H124O17P2/c1-6-9-12-15-18-28-34-38-43-48-62(67)75-54-60(81-64(69)50-45-40-35-30-27-25-23-21-22-24-26-29-31-36-41-46-57(4)5)56-79-83(72,73)77-52-58(65)51-76-82(70,71)78-55-59(80-63(68)49-44-39-33-20-17-14-11-8-3)53-74-61(66)47-42-37-32-19-16-13-10-7-2/h57-60,65H,6-56H2,1-5H3,(H,70,71)(H,72,73)/t58-,59+,60+/m0/s1. The van der Waals surface area contributed by atoms with Crippen LogP contribution in [0.3, 0.4) is 0 Å². The number of rotatable bonds is 64. The Morgan fingerprint density at radius 3 is 0.819 bits per heavy atom. The largest absolute Gasteiger partial charge is 0.472 e. The number of hydrogen-bond acceptors (Lipinski definition) is 15. The van der Waals surface area contributed by atoms with Gasteiger partial charge in [-0.2, -0.15) is 0 Å². The maximum absolute atomic E-state index is 13.0. The van der Waals surface area contributed by atoms with Gasteiger partial charge in [0, 0.05) is 25.7 Å². The first-order valence-corrected chi connectivity index (χ1v) is 36.6. The summed E-state index contributed by atoms with van der Waals surface area (Å²) >= 11 is 0. The third-order valence-electron chi connectivity index (χ3n) is 14.8. The van der Waals surface area contributed by atoms with E-state index in [2.05, 4.69) is 34.6 Å². The molecular weight excluding hydrogens is 1100 g/mol. The SMILES string of the molecule is CCCCCCCCCCCC(=O)OC[C@H](COP(=O)(O)OC[C@@H](O)COP(=O)(O)OC[C@@H](COC(=O)CCCCCCCCCC)OC(=O)CCCCCCCCCC)OC(=O)CCCCCCCCCCCCCCCCCC(C)C. The van der Waals surface area contributed by atoms with Crippen LogP contribution < -0.4 is 0 Å². The van der Waals surface area contributed by atoms with Crippen molar-refractivity contribution >= 4 is 39.5 Å². The number of ether oxygens (including phenoxy) is 4. The number of phosphoric ester groups is 2. The summed E-state index contributed by atoms with van der Waals surface area (Å²) in [4.78, 5) is 72.0. The quantitative estimate of drug-likeness (QED) is 0.0222. The number of aliphatic hydroxyl groups is 1. The first-order chi connectivity index (χ1) is 40.0. The topological polar surface area (TPSA) is 237 Å². The fourth-order valence-electron chi connectivity index (χ4n) is 9.58. The smallest absolute Gasteiger partial charge is 0.462 e. The minimum Gasteiger partial charge on any atom is -0.462 e. The van der Waals surface area contributed by atoms with E-state index in [1.807, 2.05) is 0 Å². The van der Waals surface area contributed by atoms with E-state index in [-0.39, 0.29) is 25.7 Å². The lowest BCUT2D eigenvalue weighted by molar-refractivity contribution is -0.161. The Hall–Kier alpha value is -1.94. The lowest BCUT2D eigenvalue weighted by Gasteiger charge is -2.21. The maximum Gasteiger partial charge on any atom is 0.472 e. The molecule has 19 heteroatoms. The Bertz CT molecular complexity index is 1620. The highest BCUT2D eigenvalue weighted by atomic mass is 31.2. The van der Waals surface area contributed by atoms with Crippen molar-refractivity contribution in [1.82, 2.24) is 0 Å². The van der Waals surface area contributed by atoms with Crippen LogP contribution in [-0.4, -0.2) is 96.7 Å². The van der Waals surface area contributed by atoms with Crippen LogP contribution in [0.5, 0.6) is 0 Å². The van der Waals surface area contributed by atoms with Crippen molar-refractivity contribution in [2.45, 2.75) is 342 Å². The zero-order chi connectivity index (χ0) is 61.3. The highest BCUT2D eigenvalue weighted by molar-refractivity contribution is 7.47. The molecule has 0 aliphatic carbocycles. The van der Waals surface area contributed by atoms with Crippen molar-refractivity contribution in [3.05, 3.63) is 0 Å². The van der Waals surface area contributed by atoms with Crippen molar-refractivity contribution < 1.29 is 80.2 Å². The molecule has 0 aromatic carbocycles. The number of esters is 4. The second-order valence-corrected chi connectivity index (χ2v) is 26.5. The summed E-state index contributed by atoms with van der Waals surface area (Å²) in [5.41, 5.74) is 0. The van der Waals surface area contributed by atoms with Gasteiger partial charge in [-0.25, -0.2) is 9.13 Å². The lowest BCUT2D eigenvalue weighted by Crippen LogP contribution is -2.30. The zero-order valence-electron chi connectivity index (χ0n) is 53.3. The summed E-state index contributed by atoms with van der Waals surface area (Å²) in [5, 5.41) is 10.5. The summed E-state index contributed by atoms with van der Waals surface area (Å²) in [6.07, 6.45) is 41.8. The molecule has 0 saturated heterocycles. The predicted octanol–water partition coefficient (Wildman–Crippen LogP) is 17.8. The number of carbonyl (C=O) groups is 4. The van der Waals surface area contributed by atoms with Gasteiger partial charge in [0.25, 0.3) is 0 Å². The Labute approximate surface area is 505 Å². The summed E-state index contributed by atoms with van der Waals surface area (Å²) in [6.45, 7) is 7.15. The van der Waals surface area contributed by atoms with Crippen molar-refractivity contribution in [3.63, 3.8) is 0 Å². The van der Waals surface area contributed by atoms with Gasteiger partial charge in [0.05, 0.1) is 26.4 Å². The minimum absolute atomic E-state index is 0.105. The number of aliphatic hydroxyl groups excluding tert-OH is 1. The molecule has 0 heterocycles. The van der Waals surface area contributed by atoms with Crippen LogP contribution in [0, 0.1) is 5.92 Å². The van der Waals surface area contributed by atoms with Crippen LogP contribution in [0.2, 0.25) is 0 Å². The molecule has 492 valence electrons. The fourth-order valence-corrected chi connectivity index (χ4v) is 11.2. The average Bonchev–Trinajstić information content (AvgIpc) is 3.45. The first kappa shape index (κ1) is 81.1. The molecular formula is C64H124O17P2. The van der Waals surface area contributed by atoms with Crippen molar-refractivity contribution in [3.8, 4) is 0 Å². The normalized spacial score (nSPS) is 14.2. The van der Waals surface area contributed by atoms with Crippen LogP contribution in [-0.2, 0) is 65.4 Å². The van der Waals surface area contributed by atoms with Crippen molar-refractivity contribution in [1.29, 1.82) is 0 Å². The van der Waals surface area contributed by atoms with Crippen molar-refractivity contribution in [2.24, 2.45) is 5.92 Å². The zero-order valence-corrected chi connectivity index (χ0v) is 55.1. The van der Waals surface area contributed by atoms with E-state index in [9.17, 15) is 43.2 Å². The van der Waals surface area contributed by atoms with E-state index < -0.39 is 97.5 Å². The van der Waals surface area contributed by atoms with Gasteiger partial charge in [-0.1, -0.05) is 272 Å². The second kappa shape index (κ2) is 57.8.